The zero-order valence-corrected chi connectivity index (χ0v) is 14.8. The van der Waals surface area contributed by atoms with Crippen molar-refractivity contribution in [2.45, 2.75) is 11.7 Å². The highest BCUT2D eigenvalue weighted by atomic mass is 32.2. The van der Waals surface area contributed by atoms with E-state index in [-0.39, 0.29) is 23.5 Å². The number of amides is 3. The van der Waals surface area contributed by atoms with Crippen LogP contribution in [0.2, 0.25) is 0 Å². The largest absolute Gasteiger partial charge is 0.506 e. The molecule has 2 N–H and O–H groups in total. The Morgan fingerprint density at radius 3 is 2.54 bits per heavy atom. The lowest BCUT2D eigenvalue weighted by atomic mass is 10.2. The number of aromatic hydroxyl groups is 1. The van der Waals surface area contributed by atoms with Crippen LogP contribution < -0.4 is 10.2 Å². The third-order valence-corrected chi connectivity index (χ3v) is 4.88. The zero-order chi connectivity index (χ0) is 20.4. The Hall–Kier alpha value is -3.47. The van der Waals surface area contributed by atoms with E-state index in [4.69, 9.17) is 0 Å². The zero-order valence-electron chi connectivity index (χ0n) is 14.0. The number of benzene rings is 2. The number of nitrogens with zero attached hydrogens (tertiary/aromatic N) is 2. The molecule has 1 aliphatic rings. The van der Waals surface area contributed by atoms with Gasteiger partial charge in [0.15, 0.2) is 0 Å². The summed E-state index contributed by atoms with van der Waals surface area (Å²) in [7, 11) is 0. The number of phenols is 1. The summed E-state index contributed by atoms with van der Waals surface area (Å²) in [4.78, 5) is 47.6. The smallest absolute Gasteiger partial charge is 0.293 e. The Kier molecular flexibility index (Phi) is 5.27. The SMILES string of the molecule is O=C(CC1SC(=O)N(c2ccc(F)cc2)C1=O)Nc1ccc([N+](=O)[O-])cc1O. The number of halogens is 1. The summed E-state index contributed by atoms with van der Waals surface area (Å²) >= 11 is 0.661. The molecule has 9 nitrogen and oxygen atoms in total. The van der Waals surface area contributed by atoms with Gasteiger partial charge in [-0.25, -0.2) is 9.29 Å². The number of anilines is 2. The Bertz CT molecular complexity index is 981. The molecule has 0 spiro atoms. The van der Waals surface area contributed by atoms with Crippen LogP contribution in [0.3, 0.4) is 0 Å². The molecule has 0 aliphatic carbocycles. The highest BCUT2D eigenvalue weighted by molar-refractivity contribution is 8.15. The first-order valence-corrected chi connectivity index (χ1v) is 8.71. The molecule has 3 amide bonds. The van der Waals surface area contributed by atoms with E-state index in [1.54, 1.807) is 0 Å². The number of nitrogens with one attached hydrogen (secondary N) is 1. The van der Waals surface area contributed by atoms with Crippen molar-refractivity contribution in [3.63, 3.8) is 0 Å². The van der Waals surface area contributed by atoms with Gasteiger partial charge in [0.25, 0.3) is 10.9 Å². The Labute approximate surface area is 161 Å². The van der Waals surface area contributed by atoms with Gasteiger partial charge in [-0.15, -0.1) is 0 Å². The highest BCUT2D eigenvalue weighted by Gasteiger charge is 2.41. The Morgan fingerprint density at radius 1 is 1.25 bits per heavy atom. The van der Waals surface area contributed by atoms with Gasteiger partial charge >= 0.3 is 0 Å². The van der Waals surface area contributed by atoms with Crippen LogP contribution in [0.1, 0.15) is 6.42 Å². The van der Waals surface area contributed by atoms with E-state index in [1.165, 1.54) is 12.1 Å². The van der Waals surface area contributed by atoms with E-state index < -0.39 is 38.8 Å². The van der Waals surface area contributed by atoms with E-state index in [0.29, 0.717) is 11.8 Å². The number of hydrogen-bond donors (Lipinski definition) is 2. The molecule has 1 saturated heterocycles. The van der Waals surface area contributed by atoms with E-state index >= 15 is 0 Å². The lowest BCUT2D eigenvalue weighted by molar-refractivity contribution is -0.384. The minimum absolute atomic E-state index is 0.0623. The van der Waals surface area contributed by atoms with Crippen LogP contribution in [-0.2, 0) is 9.59 Å². The minimum atomic E-state index is -0.988. The maximum absolute atomic E-state index is 13.0. The van der Waals surface area contributed by atoms with Gasteiger partial charge in [-0.3, -0.25) is 24.5 Å². The summed E-state index contributed by atoms with van der Waals surface area (Å²) in [5.74, 6) is -2.31. The maximum atomic E-state index is 13.0. The molecule has 2 aromatic rings. The fourth-order valence-corrected chi connectivity index (χ4v) is 3.50. The summed E-state index contributed by atoms with van der Waals surface area (Å²) in [5, 5.41) is 21.2. The average molecular weight is 405 g/mol. The van der Waals surface area contributed by atoms with Crippen molar-refractivity contribution >= 4 is 45.9 Å². The molecule has 1 atom stereocenters. The third-order valence-electron chi connectivity index (χ3n) is 3.84. The van der Waals surface area contributed by atoms with Crippen molar-refractivity contribution < 1.29 is 28.8 Å². The number of carbonyl (C=O) groups is 3. The first kappa shape index (κ1) is 19.3. The van der Waals surface area contributed by atoms with Gasteiger partial charge in [-0.1, -0.05) is 0 Å². The van der Waals surface area contributed by atoms with Crippen LogP contribution in [0.5, 0.6) is 5.75 Å². The molecule has 0 bridgehead atoms. The van der Waals surface area contributed by atoms with Crippen molar-refractivity contribution in [1.29, 1.82) is 0 Å². The number of imide groups is 1. The van der Waals surface area contributed by atoms with Crippen molar-refractivity contribution in [2.24, 2.45) is 0 Å². The summed E-state index contributed by atoms with van der Waals surface area (Å²) < 4.78 is 13.0. The maximum Gasteiger partial charge on any atom is 0.293 e. The molecule has 28 heavy (non-hydrogen) atoms. The van der Waals surface area contributed by atoms with Crippen LogP contribution in [0, 0.1) is 15.9 Å². The van der Waals surface area contributed by atoms with Crippen molar-refractivity contribution in [2.75, 3.05) is 10.2 Å². The van der Waals surface area contributed by atoms with Crippen LogP contribution in [0.15, 0.2) is 42.5 Å². The van der Waals surface area contributed by atoms with Crippen molar-refractivity contribution in [3.05, 3.63) is 58.4 Å². The molecule has 1 fully saturated rings. The molecule has 2 aromatic carbocycles. The summed E-state index contributed by atoms with van der Waals surface area (Å²) in [6, 6.07) is 7.92. The fraction of sp³-hybridized carbons (Fsp3) is 0.118. The van der Waals surface area contributed by atoms with E-state index in [9.17, 15) is 34.0 Å². The minimum Gasteiger partial charge on any atom is -0.506 e. The molecule has 1 unspecified atom stereocenters. The van der Waals surface area contributed by atoms with E-state index in [2.05, 4.69) is 5.32 Å². The van der Waals surface area contributed by atoms with Crippen molar-refractivity contribution in [1.82, 2.24) is 0 Å². The molecule has 1 heterocycles. The second-order valence-corrected chi connectivity index (χ2v) is 6.89. The second kappa shape index (κ2) is 7.64. The summed E-state index contributed by atoms with van der Waals surface area (Å²) in [6.07, 6.45) is -0.358. The molecule has 3 rings (SSSR count). The summed E-state index contributed by atoms with van der Waals surface area (Å²) in [5.41, 5.74) is -0.217. The number of nitro groups is 1. The highest BCUT2D eigenvalue weighted by Crippen LogP contribution is 2.34. The Morgan fingerprint density at radius 2 is 1.93 bits per heavy atom. The van der Waals surface area contributed by atoms with Crippen LogP contribution in [-0.4, -0.2) is 32.3 Å². The number of carbonyl (C=O) groups excluding carboxylic acids is 3. The van der Waals surface area contributed by atoms with Crippen molar-refractivity contribution in [3.8, 4) is 5.75 Å². The lowest BCUT2D eigenvalue weighted by Crippen LogP contribution is -2.32. The first-order chi connectivity index (χ1) is 13.3. The quantitative estimate of drug-likeness (QED) is 0.444. The normalized spacial score (nSPS) is 16.3. The van der Waals surface area contributed by atoms with Gasteiger partial charge < -0.3 is 10.4 Å². The topological polar surface area (TPSA) is 130 Å². The molecular formula is C17H12FN3O6S. The van der Waals surface area contributed by atoms with E-state index in [1.807, 2.05) is 0 Å². The van der Waals surface area contributed by atoms with Gasteiger partial charge in [-0.2, -0.15) is 0 Å². The number of phenolic OH excluding ortho intramolecular Hbond substituents is 1. The molecule has 0 saturated carbocycles. The number of thioether (sulfide) groups is 1. The predicted molar refractivity (Wildman–Crippen MR) is 98.7 cm³/mol. The third kappa shape index (κ3) is 3.93. The molecule has 144 valence electrons. The Balaban J connectivity index is 1.68. The van der Waals surface area contributed by atoms with Gasteiger partial charge in [0.05, 0.1) is 22.4 Å². The van der Waals surface area contributed by atoms with Crippen LogP contribution in [0.4, 0.5) is 26.2 Å². The number of hydrogen-bond acceptors (Lipinski definition) is 7. The average Bonchev–Trinajstić information content (AvgIpc) is 2.91. The molecular weight excluding hydrogens is 393 g/mol. The standard InChI is InChI=1S/C17H12FN3O6S/c18-9-1-3-10(4-2-9)20-16(24)14(28-17(20)25)8-15(23)19-12-6-5-11(21(26)27)7-13(12)22/h1-7,14,22H,8H2,(H,19,23). The monoisotopic (exact) mass is 405 g/mol. The lowest BCUT2D eigenvalue weighted by Gasteiger charge is -2.14. The predicted octanol–water partition coefficient (Wildman–Crippen LogP) is 3.04. The van der Waals surface area contributed by atoms with Gasteiger partial charge in [0.2, 0.25) is 11.8 Å². The first-order valence-electron chi connectivity index (χ1n) is 7.83. The van der Waals surface area contributed by atoms with Crippen LogP contribution in [0.25, 0.3) is 0 Å². The number of non-ortho nitro benzene ring substituents is 1. The molecule has 1 aliphatic heterocycles. The van der Waals surface area contributed by atoms with Gasteiger partial charge in [0.1, 0.15) is 16.8 Å². The van der Waals surface area contributed by atoms with Gasteiger partial charge in [-0.05, 0) is 42.1 Å². The molecule has 0 aromatic heterocycles. The number of nitro benzene ring substituents is 1. The second-order valence-electron chi connectivity index (χ2n) is 5.73. The van der Waals surface area contributed by atoms with Crippen LogP contribution >= 0.6 is 11.8 Å². The number of rotatable bonds is 5. The summed E-state index contributed by atoms with van der Waals surface area (Å²) in [6.45, 7) is 0. The molecule has 11 heteroatoms. The van der Waals surface area contributed by atoms with E-state index in [0.717, 1.165) is 35.2 Å². The van der Waals surface area contributed by atoms with Gasteiger partial charge in [0, 0.05) is 12.5 Å². The molecule has 0 radical (unpaired) electrons. The fourth-order valence-electron chi connectivity index (χ4n) is 2.52.